The Hall–Kier alpha value is -2.27. The molecule has 0 aliphatic rings. The summed E-state index contributed by atoms with van der Waals surface area (Å²) in [4.78, 5) is 29.9. The first-order chi connectivity index (χ1) is 8.58. The maximum absolute atomic E-state index is 11.9. The van der Waals surface area contributed by atoms with Crippen molar-refractivity contribution in [3.8, 4) is 0 Å². The van der Waals surface area contributed by atoms with Crippen molar-refractivity contribution in [3.63, 3.8) is 0 Å². The topological polar surface area (TPSA) is 80.1 Å². The molecule has 18 heavy (non-hydrogen) atoms. The van der Waals surface area contributed by atoms with E-state index in [0.29, 0.717) is 10.6 Å². The Morgan fingerprint density at radius 3 is 2.06 bits per heavy atom. The van der Waals surface area contributed by atoms with Gasteiger partial charge in [0.2, 0.25) is 5.78 Å². The third kappa shape index (κ3) is 2.52. The molecular weight excluding hydrogens is 256 g/mol. The molecule has 0 aliphatic heterocycles. The largest absolute Gasteiger partial charge is 0.476 e. The molecule has 2 rings (SSSR count). The first-order valence-electron chi connectivity index (χ1n) is 4.93. The van der Waals surface area contributed by atoms with E-state index in [-0.39, 0.29) is 17.2 Å². The summed E-state index contributed by atoms with van der Waals surface area (Å²) in [6, 6.07) is 6.32. The van der Waals surface area contributed by atoms with Gasteiger partial charge in [0.05, 0.1) is 12.4 Å². The number of nitrogens with zero attached hydrogens (tertiary/aromatic N) is 2. The molecule has 0 spiro atoms. The zero-order valence-electron chi connectivity index (χ0n) is 9.00. The molecular formula is C12H7ClN2O3. The molecule has 0 bridgehead atoms. The van der Waals surface area contributed by atoms with Crippen LogP contribution in [0.15, 0.2) is 36.7 Å². The van der Waals surface area contributed by atoms with Crippen molar-refractivity contribution in [1.82, 2.24) is 9.97 Å². The number of carboxylic acid groups (broad SMARTS) is 1. The lowest BCUT2D eigenvalue weighted by Crippen LogP contribution is -2.08. The Kier molecular flexibility index (Phi) is 3.34. The van der Waals surface area contributed by atoms with Crippen LogP contribution >= 0.6 is 11.6 Å². The van der Waals surface area contributed by atoms with Crippen LogP contribution in [0.4, 0.5) is 0 Å². The summed E-state index contributed by atoms with van der Waals surface area (Å²) in [5, 5.41) is 9.19. The molecule has 0 fully saturated rings. The molecule has 0 unspecified atom stereocenters. The highest BCUT2D eigenvalue weighted by Gasteiger charge is 2.12. The molecule has 1 N–H and O–H groups in total. The van der Waals surface area contributed by atoms with Gasteiger partial charge in [0.1, 0.15) is 5.69 Å². The van der Waals surface area contributed by atoms with E-state index in [2.05, 4.69) is 9.97 Å². The Morgan fingerprint density at radius 2 is 1.56 bits per heavy atom. The average Bonchev–Trinajstić information content (AvgIpc) is 2.39. The number of hydrogen-bond acceptors (Lipinski definition) is 4. The molecule has 0 atom stereocenters. The fraction of sp³-hybridized carbons (Fsp3) is 0. The van der Waals surface area contributed by atoms with Crippen LogP contribution in [0.2, 0.25) is 5.02 Å². The van der Waals surface area contributed by atoms with Crippen molar-refractivity contribution < 1.29 is 14.7 Å². The number of benzene rings is 1. The summed E-state index contributed by atoms with van der Waals surface area (Å²) in [7, 11) is 0. The molecule has 1 aromatic heterocycles. The number of carboxylic acids is 1. The average molecular weight is 263 g/mol. The molecule has 5 nitrogen and oxygen atoms in total. The smallest absolute Gasteiger partial charge is 0.356 e. The second kappa shape index (κ2) is 4.93. The first kappa shape index (κ1) is 12.2. The summed E-state index contributed by atoms with van der Waals surface area (Å²) in [6.07, 6.45) is 2.19. The van der Waals surface area contributed by atoms with Crippen molar-refractivity contribution in [3.05, 3.63) is 58.6 Å². The second-order valence-corrected chi connectivity index (χ2v) is 3.86. The number of carbonyl (C=O) groups excluding carboxylic acids is 1. The fourth-order valence-corrected chi connectivity index (χ4v) is 1.43. The number of hydrogen-bond donors (Lipinski definition) is 1. The molecule has 6 heteroatoms. The minimum atomic E-state index is -1.19. The standard InChI is InChI=1S/C12H7ClN2O3/c13-8-3-1-7(2-4-8)11(16)9-5-15-10(6-14-9)12(17)18/h1-6H,(H,17,18). The maximum Gasteiger partial charge on any atom is 0.356 e. The van der Waals surface area contributed by atoms with Gasteiger partial charge in [-0.1, -0.05) is 11.6 Å². The van der Waals surface area contributed by atoms with E-state index in [1.54, 1.807) is 24.3 Å². The lowest BCUT2D eigenvalue weighted by Gasteiger charge is -2.00. The quantitative estimate of drug-likeness (QED) is 0.857. The van der Waals surface area contributed by atoms with Crippen molar-refractivity contribution in [2.75, 3.05) is 0 Å². The Morgan fingerprint density at radius 1 is 1.00 bits per heavy atom. The molecule has 1 heterocycles. The zero-order chi connectivity index (χ0) is 13.1. The van der Waals surface area contributed by atoms with Gasteiger partial charge in [-0.15, -0.1) is 0 Å². The van der Waals surface area contributed by atoms with E-state index in [1.807, 2.05) is 0 Å². The van der Waals surface area contributed by atoms with Crippen molar-refractivity contribution in [2.45, 2.75) is 0 Å². The van der Waals surface area contributed by atoms with Gasteiger partial charge in [-0.3, -0.25) is 4.79 Å². The summed E-state index contributed by atoms with van der Waals surface area (Å²) < 4.78 is 0. The highest BCUT2D eigenvalue weighted by Crippen LogP contribution is 2.12. The van der Waals surface area contributed by atoms with Crippen LogP contribution in [-0.2, 0) is 0 Å². The number of aromatic carboxylic acids is 1. The van der Waals surface area contributed by atoms with E-state index in [9.17, 15) is 9.59 Å². The van der Waals surface area contributed by atoms with Crippen LogP contribution in [0.3, 0.4) is 0 Å². The van der Waals surface area contributed by atoms with Gasteiger partial charge >= 0.3 is 5.97 Å². The number of carbonyl (C=O) groups is 2. The zero-order valence-corrected chi connectivity index (χ0v) is 9.76. The summed E-state index contributed by atoms with van der Waals surface area (Å²) in [5.41, 5.74) is 0.293. The van der Waals surface area contributed by atoms with E-state index in [1.165, 1.54) is 0 Å². The lowest BCUT2D eigenvalue weighted by molar-refractivity contribution is 0.0689. The molecule has 0 saturated carbocycles. The Bertz CT molecular complexity index is 594. The van der Waals surface area contributed by atoms with Crippen LogP contribution < -0.4 is 0 Å². The predicted molar refractivity (Wildman–Crippen MR) is 63.9 cm³/mol. The molecule has 0 amide bonds. The molecule has 2 aromatic rings. The van der Waals surface area contributed by atoms with Crippen molar-refractivity contribution in [1.29, 1.82) is 0 Å². The molecule has 90 valence electrons. The molecule has 0 saturated heterocycles. The van der Waals surface area contributed by atoms with Gasteiger partial charge in [0.25, 0.3) is 0 Å². The summed E-state index contributed by atoms with van der Waals surface area (Å²) in [6.45, 7) is 0. The van der Waals surface area contributed by atoms with Crippen LogP contribution in [0.25, 0.3) is 0 Å². The maximum atomic E-state index is 11.9. The van der Waals surface area contributed by atoms with E-state index >= 15 is 0 Å². The van der Waals surface area contributed by atoms with Crippen LogP contribution in [-0.4, -0.2) is 26.8 Å². The normalized spacial score (nSPS) is 10.1. The first-order valence-corrected chi connectivity index (χ1v) is 5.31. The Labute approximate surface area is 107 Å². The van der Waals surface area contributed by atoms with Gasteiger partial charge in [-0.25, -0.2) is 14.8 Å². The van der Waals surface area contributed by atoms with Gasteiger partial charge in [0.15, 0.2) is 5.69 Å². The van der Waals surface area contributed by atoms with Crippen LogP contribution in [0.1, 0.15) is 26.5 Å². The number of ketones is 1. The third-order valence-corrected chi connectivity index (χ3v) is 2.46. The number of halogens is 1. The van der Waals surface area contributed by atoms with Gasteiger partial charge in [-0.2, -0.15) is 0 Å². The minimum Gasteiger partial charge on any atom is -0.476 e. The van der Waals surface area contributed by atoms with Gasteiger partial charge in [0, 0.05) is 10.6 Å². The van der Waals surface area contributed by atoms with Gasteiger partial charge in [-0.05, 0) is 24.3 Å². The van der Waals surface area contributed by atoms with Crippen molar-refractivity contribution >= 4 is 23.4 Å². The monoisotopic (exact) mass is 262 g/mol. The van der Waals surface area contributed by atoms with Crippen LogP contribution in [0, 0.1) is 0 Å². The highest BCUT2D eigenvalue weighted by atomic mass is 35.5. The van der Waals surface area contributed by atoms with Crippen molar-refractivity contribution in [2.24, 2.45) is 0 Å². The van der Waals surface area contributed by atoms with E-state index in [4.69, 9.17) is 16.7 Å². The fourth-order valence-electron chi connectivity index (χ4n) is 1.30. The van der Waals surface area contributed by atoms with E-state index < -0.39 is 5.97 Å². The van der Waals surface area contributed by atoms with Crippen LogP contribution in [0.5, 0.6) is 0 Å². The molecule has 0 radical (unpaired) electrons. The Balaban J connectivity index is 2.28. The third-order valence-electron chi connectivity index (χ3n) is 2.21. The van der Waals surface area contributed by atoms with E-state index in [0.717, 1.165) is 12.4 Å². The lowest BCUT2D eigenvalue weighted by atomic mass is 10.1. The minimum absolute atomic E-state index is 0.0855. The summed E-state index contributed by atoms with van der Waals surface area (Å²) in [5.74, 6) is -1.52. The molecule has 1 aromatic carbocycles. The molecule has 0 aliphatic carbocycles. The summed E-state index contributed by atoms with van der Waals surface area (Å²) >= 11 is 5.71. The number of aromatic nitrogens is 2. The SMILES string of the molecule is O=C(O)c1cnc(C(=O)c2ccc(Cl)cc2)cn1. The number of rotatable bonds is 3. The predicted octanol–water partition coefficient (Wildman–Crippen LogP) is 2.06. The second-order valence-electron chi connectivity index (χ2n) is 3.43. The van der Waals surface area contributed by atoms with Gasteiger partial charge < -0.3 is 5.11 Å². The highest BCUT2D eigenvalue weighted by molar-refractivity contribution is 6.30.